The minimum absolute atomic E-state index is 0.0238. The molecule has 2 N–H and O–H groups in total. The van der Waals surface area contributed by atoms with E-state index in [4.69, 9.17) is 10.5 Å². The third kappa shape index (κ3) is 3.85. The van der Waals surface area contributed by atoms with Gasteiger partial charge in [-0.25, -0.2) is 0 Å². The summed E-state index contributed by atoms with van der Waals surface area (Å²) in [6, 6.07) is 3.22. The van der Waals surface area contributed by atoms with Crippen LogP contribution in [0.25, 0.3) is 0 Å². The molecule has 0 radical (unpaired) electrons. The van der Waals surface area contributed by atoms with Crippen LogP contribution < -0.4 is 10.5 Å². The number of ether oxygens (including phenoxy) is 1. The topological polar surface area (TPSA) is 55.6 Å². The van der Waals surface area contributed by atoms with Crippen molar-refractivity contribution in [3.63, 3.8) is 0 Å². The SMILES string of the molecule is CN(C)C(=O)c1ccc(OCCN)c(C(F)(F)F)c1. The maximum atomic E-state index is 12.9. The summed E-state index contributed by atoms with van der Waals surface area (Å²) in [5.41, 5.74) is 4.16. The van der Waals surface area contributed by atoms with E-state index in [9.17, 15) is 18.0 Å². The van der Waals surface area contributed by atoms with Crippen LogP contribution in [0.4, 0.5) is 13.2 Å². The Balaban J connectivity index is 3.19. The first-order valence-electron chi connectivity index (χ1n) is 5.53. The van der Waals surface area contributed by atoms with Gasteiger partial charge >= 0.3 is 6.18 Å². The van der Waals surface area contributed by atoms with E-state index in [0.29, 0.717) is 0 Å². The summed E-state index contributed by atoms with van der Waals surface area (Å²) >= 11 is 0. The summed E-state index contributed by atoms with van der Waals surface area (Å²) in [6.45, 7) is 0.0831. The lowest BCUT2D eigenvalue weighted by Crippen LogP contribution is -2.22. The van der Waals surface area contributed by atoms with Gasteiger partial charge in [-0.15, -0.1) is 0 Å². The number of alkyl halides is 3. The Morgan fingerprint density at radius 1 is 1.37 bits per heavy atom. The van der Waals surface area contributed by atoms with E-state index in [1.165, 1.54) is 25.1 Å². The maximum absolute atomic E-state index is 12.9. The standard InChI is InChI=1S/C12H15F3N2O2/c1-17(2)11(18)8-3-4-10(19-6-5-16)9(7-8)12(13,14)15/h3-4,7H,5-6,16H2,1-2H3. The molecule has 19 heavy (non-hydrogen) atoms. The van der Waals surface area contributed by atoms with Crippen LogP contribution in [0, 0.1) is 0 Å². The minimum Gasteiger partial charge on any atom is -0.492 e. The first-order chi connectivity index (χ1) is 8.77. The zero-order valence-electron chi connectivity index (χ0n) is 10.6. The number of carbonyl (C=O) groups is 1. The van der Waals surface area contributed by atoms with E-state index >= 15 is 0 Å². The monoisotopic (exact) mass is 276 g/mol. The molecule has 0 aliphatic heterocycles. The third-order valence-corrected chi connectivity index (χ3v) is 2.31. The lowest BCUT2D eigenvalue weighted by atomic mass is 10.1. The van der Waals surface area contributed by atoms with Gasteiger partial charge in [0, 0.05) is 26.2 Å². The number of benzene rings is 1. The molecular weight excluding hydrogens is 261 g/mol. The second-order valence-corrected chi connectivity index (χ2v) is 4.05. The van der Waals surface area contributed by atoms with Crippen LogP contribution in [-0.4, -0.2) is 38.1 Å². The summed E-state index contributed by atoms with van der Waals surface area (Å²) in [4.78, 5) is 12.9. The summed E-state index contributed by atoms with van der Waals surface area (Å²) in [6.07, 6.45) is -4.59. The second-order valence-electron chi connectivity index (χ2n) is 4.05. The molecule has 0 bridgehead atoms. The van der Waals surface area contributed by atoms with E-state index < -0.39 is 17.6 Å². The lowest BCUT2D eigenvalue weighted by molar-refractivity contribution is -0.138. The predicted octanol–water partition coefficient (Wildman–Crippen LogP) is 1.74. The minimum atomic E-state index is -4.59. The largest absolute Gasteiger partial charge is 0.492 e. The van der Waals surface area contributed by atoms with E-state index in [2.05, 4.69) is 0 Å². The molecule has 1 rings (SSSR count). The summed E-state index contributed by atoms with van der Waals surface area (Å²) in [5.74, 6) is -0.830. The average molecular weight is 276 g/mol. The van der Waals surface area contributed by atoms with Crippen LogP contribution in [0.15, 0.2) is 18.2 Å². The molecule has 0 saturated carbocycles. The summed E-state index contributed by atoms with van der Waals surface area (Å²) in [5, 5.41) is 0. The molecule has 0 aliphatic rings. The first-order valence-corrected chi connectivity index (χ1v) is 5.53. The molecule has 0 fully saturated rings. The van der Waals surface area contributed by atoms with Gasteiger partial charge in [0.1, 0.15) is 12.4 Å². The van der Waals surface area contributed by atoms with Gasteiger partial charge in [-0.05, 0) is 18.2 Å². The number of amides is 1. The molecule has 0 saturated heterocycles. The number of hydrogen-bond donors (Lipinski definition) is 1. The number of carbonyl (C=O) groups excluding carboxylic acids is 1. The van der Waals surface area contributed by atoms with Gasteiger partial charge in [-0.1, -0.05) is 0 Å². The molecule has 1 aromatic rings. The molecule has 0 heterocycles. The molecule has 0 aliphatic carbocycles. The number of nitrogens with zero attached hydrogens (tertiary/aromatic N) is 1. The van der Waals surface area contributed by atoms with Crippen LogP contribution in [0.2, 0.25) is 0 Å². The van der Waals surface area contributed by atoms with Crippen molar-refractivity contribution >= 4 is 5.91 Å². The Morgan fingerprint density at radius 2 is 2.00 bits per heavy atom. The van der Waals surface area contributed by atoms with Gasteiger partial charge in [0.05, 0.1) is 5.56 Å². The highest BCUT2D eigenvalue weighted by atomic mass is 19.4. The van der Waals surface area contributed by atoms with E-state index in [1.807, 2.05) is 0 Å². The molecule has 106 valence electrons. The summed E-state index contributed by atoms with van der Waals surface area (Å²) < 4.78 is 43.6. The fourth-order valence-electron chi connectivity index (χ4n) is 1.44. The smallest absolute Gasteiger partial charge is 0.419 e. The Labute approximate surface area is 108 Å². The fraction of sp³-hybridized carbons (Fsp3) is 0.417. The molecule has 0 spiro atoms. The normalized spacial score (nSPS) is 11.3. The highest BCUT2D eigenvalue weighted by Gasteiger charge is 2.35. The van der Waals surface area contributed by atoms with Crippen LogP contribution in [-0.2, 0) is 6.18 Å². The van der Waals surface area contributed by atoms with Gasteiger partial charge in [0.15, 0.2) is 0 Å². The second kappa shape index (κ2) is 5.92. The maximum Gasteiger partial charge on any atom is 0.419 e. The Kier molecular flexibility index (Phi) is 4.77. The van der Waals surface area contributed by atoms with Crippen molar-refractivity contribution in [1.29, 1.82) is 0 Å². The third-order valence-electron chi connectivity index (χ3n) is 2.31. The van der Waals surface area contributed by atoms with E-state index in [0.717, 1.165) is 12.1 Å². The van der Waals surface area contributed by atoms with E-state index in [-0.39, 0.29) is 24.5 Å². The van der Waals surface area contributed by atoms with Crippen molar-refractivity contribution in [2.24, 2.45) is 5.73 Å². The molecule has 0 atom stereocenters. The van der Waals surface area contributed by atoms with Gasteiger partial charge in [0.25, 0.3) is 5.91 Å². The van der Waals surface area contributed by atoms with Gasteiger partial charge < -0.3 is 15.4 Å². The van der Waals surface area contributed by atoms with Crippen LogP contribution in [0.5, 0.6) is 5.75 Å². The van der Waals surface area contributed by atoms with Gasteiger partial charge in [-0.2, -0.15) is 13.2 Å². The van der Waals surface area contributed by atoms with Gasteiger partial charge in [0.2, 0.25) is 0 Å². The molecular formula is C12H15F3N2O2. The first kappa shape index (κ1) is 15.3. The lowest BCUT2D eigenvalue weighted by Gasteiger charge is -2.16. The zero-order chi connectivity index (χ0) is 14.6. The van der Waals surface area contributed by atoms with Gasteiger partial charge in [-0.3, -0.25) is 4.79 Å². The van der Waals surface area contributed by atoms with Crippen molar-refractivity contribution in [3.05, 3.63) is 29.3 Å². The van der Waals surface area contributed by atoms with Crippen LogP contribution in [0.3, 0.4) is 0 Å². The van der Waals surface area contributed by atoms with Crippen LogP contribution in [0.1, 0.15) is 15.9 Å². The van der Waals surface area contributed by atoms with Crippen molar-refractivity contribution in [1.82, 2.24) is 4.90 Å². The van der Waals surface area contributed by atoms with Crippen molar-refractivity contribution < 1.29 is 22.7 Å². The average Bonchev–Trinajstić information content (AvgIpc) is 2.34. The highest BCUT2D eigenvalue weighted by molar-refractivity contribution is 5.94. The molecule has 4 nitrogen and oxygen atoms in total. The molecule has 1 aromatic carbocycles. The fourth-order valence-corrected chi connectivity index (χ4v) is 1.44. The number of rotatable bonds is 4. The number of hydrogen-bond acceptors (Lipinski definition) is 3. The Bertz CT molecular complexity index is 459. The Hall–Kier alpha value is -1.76. The van der Waals surface area contributed by atoms with Crippen molar-refractivity contribution in [2.75, 3.05) is 27.2 Å². The quantitative estimate of drug-likeness (QED) is 0.911. The number of halogens is 3. The number of nitrogens with two attached hydrogens (primary N) is 1. The zero-order valence-corrected chi connectivity index (χ0v) is 10.6. The molecule has 1 amide bonds. The predicted molar refractivity (Wildman–Crippen MR) is 64.0 cm³/mol. The molecule has 0 aromatic heterocycles. The van der Waals surface area contributed by atoms with Crippen molar-refractivity contribution in [2.45, 2.75) is 6.18 Å². The Morgan fingerprint density at radius 3 is 2.47 bits per heavy atom. The van der Waals surface area contributed by atoms with Crippen LogP contribution >= 0.6 is 0 Å². The molecule has 7 heteroatoms. The summed E-state index contributed by atoms with van der Waals surface area (Å²) in [7, 11) is 2.93. The van der Waals surface area contributed by atoms with E-state index in [1.54, 1.807) is 0 Å². The molecule has 0 unspecified atom stereocenters. The highest BCUT2D eigenvalue weighted by Crippen LogP contribution is 2.36. The van der Waals surface area contributed by atoms with Crippen molar-refractivity contribution in [3.8, 4) is 5.75 Å².